The molecule has 2 heterocycles. The van der Waals surface area contributed by atoms with E-state index in [1.54, 1.807) is 12.3 Å². The molecule has 0 aromatic carbocycles. The standard InChI is InChI=1S/C16H24F3N5O/c1-23(12-16(17,18)19)8-4-7-20-15(25)22-13-5-6-14(21-11-13)24-9-2-3-10-24/h5-6,11H,2-4,7-10,12H2,1H3,(H2,20,22,25). The predicted octanol–water partition coefficient (Wildman–Crippen LogP) is 2.69. The van der Waals surface area contributed by atoms with E-state index in [0.717, 1.165) is 18.9 Å². The molecule has 0 atom stereocenters. The van der Waals surface area contributed by atoms with Gasteiger partial charge >= 0.3 is 12.2 Å². The van der Waals surface area contributed by atoms with Gasteiger partial charge in [0.1, 0.15) is 5.82 Å². The largest absolute Gasteiger partial charge is 0.401 e. The Hall–Kier alpha value is -2.03. The smallest absolute Gasteiger partial charge is 0.357 e. The van der Waals surface area contributed by atoms with Crippen molar-refractivity contribution in [3.05, 3.63) is 18.3 Å². The lowest BCUT2D eigenvalue weighted by Crippen LogP contribution is -2.34. The number of carbonyl (C=O) groups excluding carboxylic acids is 1. The summed E-state index contributed by atoms with van der Waals surface area (Å²) in [7, 11) is 1.40. The van der Waals surface area contributed by atoms with Gasteiger partial charge in [-0.25, -0.2) is 9.78 Å². The lowest BCUT2D eigenvalue weighted by atomic mass is 10.3. The van der Waals surface area contributed by atoms with Crippen molar-refractivity contribution in [2.75, 3.05) is 50.0 Å². The number of carbonyl (C=O) groups is 1. The summed E-state index contributed by atoms with van der Waals surface area (Å²) >= 11 is 0. The van der Waals surface area contributed by atoms with E-state index in [1.807, 2.05) is 6.07 Å². The fourth-order valence-corrected chi connectivity index (χ4v) is 2.70. The van der Waals surface area contributed by atoms with Gasteiger partial charge < -0.3 is 15.5 Å². The van der Waals surface area contributed by atoms with Crippen LogP contribution in [0.25, 0.3) is 0 Å². The van der Waals surface area contributed by atoms with Crippen molar-refractivity contribution in [3.8, 4) is 0 Å². The first-order valence-electron chi connectivity index (χ1n) is 8.35. The SMILES string of the molecule is CN(CCCNC(=O)Nc1ccc(N2CCCC2)nc1)CC(F)(F)F. The molecule has 0 bridgehead atoms. The van der Waals surface area contributed by atoms with Gasteiger partial charge in [-0.05, 0) is 45.0 Å². The Morgan fingerprint density at radius 1 is 1.32 bits per heavy atom. The molecule has 0 saturated carbocycles. The number of pyridine rings is 1. The molecule has 1 aromatic heterocycles. The average molecular weight is 359 g/mol. The normalized spacial score (nSPS) is 14.8. The minimum atomic E-state index is -4.20. The average Bonchev–Trinajstić information content (AvgIpc) is 3.05. The number of hydrogen-bond acceptors (Lipinski definition) is 4. The quantitative estimate of drug-likeness (QED) is 0.735. The lowest BCUT2D eigenvalue weighted by Gasteiger charge is -2.18. The first kappa shape index (κ1) is 19.3. The second-order valence-electron chi connectivity index (χ2n) is 6.19. The fraction of sp³-hybridized carbons (Fsp3) is 0.625. The number of aromatic nitrogens is 1. The third-order valence-corrected chi connectivity index (χ3v) is 3.89. The van der Waals surface area contributed by atoms with Gasteiger partial charge in [0.05, 0.1) is 18.4 Å². The van der Waals surface area contributed by atoms with E-state index in [1.165, 1.54) is 24.8 Å². The van der Waals surface area contributed by atoms with Gasteiger partial charge in [-0.3, -0.25) is 4.90 Å². The van der Waals surface area contributed by atoms with Gasteiger partial charge in [0.25, 0.3) is 0 Å². The minimum absolute atomic E-state index is 0.256. The third kappa shape index (κ3) is 7.16. The van der Waals surface area contributed by atoms with E-state index < -0.39 is 18.8 Å². The number of alkyl halides is 3. The molecule has 2 rings (SSSR count). The third-order valence-electron chi connectivity index (χ3n) is 3.89. The molecule has 6 nitrogen and oxygen atoms in total. The molecule has 1 aliphatic rings. The lowest BCUT2D eigenvalue weighted by molar-refractivity contribution is -0.143. The van der Waals surface area contributed by atoms with Gasteiger partial charge in [0, 0.05) is 19.6 Å². The van der Waals surface area contributed by atoms with Crippen LogP contribution in [0.2, 0.25) is 0 Å². The van der Waals surface area contributed by atoms with Crippen LogP contribution in [0.1, 0.15) is 19.3 Å². The highest BCUT2D eigenvalue weighted by Gasteiger charge is 2.28. The molecule has 2 amide bonds. The first-order chi connectivity index (χ1) is 11.8. The van der Waals surface area contributed by atoms with Crippen molar-refractivity contribution in [2.45, 2.75) is 25.4 Å². The van der Waals surface area contributed by atoms with Gasteiger partial charge in [-0.2, -0.15) is 13.2 Å². The summed E-state index contributed by atoms with van der Waals surface area (Å²) in [5.41, 5.74) is 0.578. The van der Waals surface area contributed by atoms with Crippen LogP contribution in [0.4, 0.5) is 29.5 Å². The van der Waals surface area contributed by atoms with Crippen LogP contribution in [0.15, 0.2) is 18.3 Å². The number of nitrogens with zero attached hydrogens (tertiary/aromatic N) is 3. The molecule has 0 radical (unpaired) electrons. The van der Waals surface area contributed by atoms with Crippen molar-refractivity contribution in [3.63, 3.8) is 0 Å². The molecule has 2 N–H and O–H groups in total. The summed E-state index contributed by atoms with van der Waals surface area (Å²) in [4.78, 5) is 19.5. The Morgan fingerprint density at radius 2 is 2.04 bits per heavy atom. The molecule has 140 valence electrons. The van der Waals surface area contributed by atoms with Crippen LogP contribution < -0.4 is 15.5 Å². The molecule has 9 heteroatoms. The van der Waals surface area contributed by atoms with Crippen molar-refractivity contribution in [1.82, 2.24) is 15.2 Å². The fourth-order valence-electron chi connectivity index (χ4n) is 2.70. The maximum Gasteiger partial charge on any atom is 0.401 e. The molecule has 1 aromatic rings. The minimum Gasteiger partial charge on any atom is -0.357 e. The van der Waals surface area contributed by atoms with Crippen LogP contribution in [0, 0.1) is 0 Å². The Labute approximate surface area is 145 Å². The summed E-state index contributed by atoms with van der Waals surface area (Å²) in [5, 5.41) is 5.28. The molecule has 25 heavy (non-hydrogen) atoms. The predicted molar refractivity (Wildman–Crippen MR) is 90.9 cm³/mol. The molecular weight excluding hydrogens is 335 g/mol. The monoisotopic (exact) mass is 359 g/mol. The Morgan fingerprint density at radius 3 is 2.64 bits per heavy atom. The Kier molecular flexibility index (Phi) is 6.86. The number of urea groups is 1. The Balaban J connectivity index is 1.65. The van der Waals surface area contributed by atoms with Gasteiger partial charge in [-0.15, -0.1) is 0 Å². The van der Waals surface area contributed by atoms with Gasteiger partial charge in [0.15, 0.2) is 0 Å². The molecule has 1 saturated heterocycles. The number of halogens is 3. The van der Waals surface area contributed by atoms with Crippen molar-refractivity contribution >= 4 is 17.5 Å². The maximum absolute atomic E-state index is 12.2. The molecule has 0 aliphatic carbocycles. The molecular formula is C16H24F3N5O. The van der Waals surface area contributed by atoms with E-state index in [2.05, 4.69) is 20.5 Å². The van der Waals surface area contributed by atoms with Crippen molar-refractivity contribution in [1.29, 1.82) is 0 Å². The second kappa shape index (κ2) is 8.89. The summed E-state index contributed by atoms with van der Waals surface area (Å²) in [6, 6.07) is 3.26. The van der Waals surface area contributed by atoms with E-state index in [4.69, 9.17) is 0 Å². The van der Waals surface area contributed by atoms with E-state index in [9.17, 15) is 18.0 Å². The number of rotatable bonds is 7. The summed E-state index contributed by atoms with van der Waals surface area (Å²) < 4.78 is 36.5. The van der Waals surface area contributed by atoms with Crippen LogP contribution in [-0.2, 0) is 0 Å². The highest BCUT2D eigenvalue weighted by Crippen LogP contribution is 2.19. The zero-order valence-electron chi connectivity index (χ0n) is 14.3. The molecule has 1 aliphatic heterocycles. The van der Waals surface area contributed by atoms with Crippen LogP contribution in [0.3, 0.4) is 0 Å². The molecule has 0 unspecified atom stereocenters. The van der Waals surface area contributed by atoms with E-state index in [-0.39, 0.29) is 6.54 Å². The zero-order chi connectivity index (χ0) is 18.3. The molecule has 0 spiro atoms. The molecule has 1 fully saturated rings. The van der Waals surface area contributed by atoms with E-state index >= 15 is 0 Å². The maximum atomic E-state index is 12.2. The zero-order valence-corrected chi connectivity index (χ0v) is 14.3. The van der Waals surface area contributed by atoms with Gasteiger partial charge in [0.2, 0.25) is 0 Å². The second-order valence-corrected chi connectivity index (χ2v) is 6.19. The summed E-state index contributed by atoms with van der Waals surface area (Å²) in [5.74, 6) is 0.899. The first-order valence-corrected chi connectivity index (χ1v) is 8.35. The van der Waals surface area contributed by atoms with Crippen molar-refractivity contribution in [2.24, 2.45) is 0 Å². The highest BCUT2D eigenvalue weighted by molar-refractivity contribution is 5.89. The topological polar surface area (TPSA) is 60.5 Å². The van der Waals surface area contributed by atoms with Crippen LogP contribution >= 0.6 is 0 Å². The summed E-state index contributed by atoms with van der Waals surface area (Å²) in [6.07, 6.45) is 0.175. The number of nitrogens with one attached hydrogen (secondary N) is 2. The van der Waals surface area contributed by atoms with E-state index in [0.29, 0.717) is 18.7 Å². The number of hydrogen-bond donors (Lipinski definition) is 2. The van der Waals surface area contributed by atoms with Crippen molar-refractivity contribution < 1.29 is 18.0 Å². The Bertz CT molecular complexity index is 544. The van der Waals surface area contributed by atoms with Crippen LogP contribution in [-0.4, -0.2) is 61.9 Å². The highest BCUT2D eigenvalue weighted by atomic mass is 19.4. The van der Waals surface area contributed by atoms with Gasteiger partial charge in [-0.1, -0.05) is 0 Å². The number of anilines is 2. The van der Waals surface area contributed by atoms with Crippen LogP contribution in [0.5, 0.6) is 0 Å². The summed E-state index contributed by atoms with van der Waals surface area (Å²) in [6.45, 7) is 1.61. The number of amides is 2.